The lowest BCUT2D eigenvalue weighted by Gasteiger charge is -2.11. The summed E-state index contributed by atoms with van der Waals surface area (Å²) >= 11 is 8.98. The number of aryl methyl sites for hydroxylation is 1. The molecule has 0 atom stereocenters. The molecule has 0 saturated carbocycles. The molecule has 0 spiro atoms. The highest BCUT2D eigenvalue weighted by Gasteiger charge is 2.19. The van der Waals surface area contributed by atoms with Gasteiger partial charge in [-0.1, -0.05) is 11.6 Å². The van der Waals surface area contributed by atoms with Crippen LogP contribution in [0, 0.1) is 5.82 Å². The highest BCUT2D eigenvalue weighted by Crippen LogP contribution is 2.20. The Morgan fingerprint density at radius 1 is 1.31 bits per heavy atom. The van der Waals surface area contributed by atoms with E-state index in [1.54, 1.807) is 0 Å². The highest BCUT2D eigenvalue weighted by atomic mass is 79.9. The quantitative estimate of drug-likeness (QED) is 0.622. The fraction of sp³-hybridized carbons (Fsp3) is 0.200. The third kappa shape index (κ3) is 3.06. The number of carbonyl (C=O) groups excluding carboxylic acids is 1. The van der Waals surface area contributed by atoms with Crippen LogP contribution in [0.15, 0.2) is 32.5 Å². The van der Waals surface area contributed by atoms with Gasteiger partial charge in [0, 0.05) is 19.1 Å². The number of amides is 1. The van der Waals surface area contributed by atoms with Gasteiger partial charge in [-0.15, -0.1) is 0 Å². The van der Waals surface area contributed by atoms with Gasteiger partial charge in [0.05, 0.1) is 5.69 Å². The van der Waals surface area contributed by atoms with Crippen molar-refractivity contribution in [1.82, 2.24) is 18.7 Å². The van der Waals surface area contributed by atoms with Crippen molar-refractivity contribution in [1.29, 1.82) is 0 Å². The van der Waals surface area contributed by atoms with E-state index in [0.29, 0.717) is 0 Å². The minimum absolute atomic E-state index is 0.0308. The molecule has 2 aromatic heterocycles. The molecule has 0 aliphatic carbocycles. The van der Waals surface area contributed by atoms with Crippen molar-refractivity contribution in [2.75, 3.05) is 5.32 Å². The molecule has 2 heterocycles. The number of fused-ring (bicyclic) bond motifs is 1. The molecule has 0 unspecified atom stereocenters. The first-order valence-electron chi connectivity index (χ1n) is 7.27. The number of anilines is 1. The highest BCUT2D eigenvalue weighted by molar-refractivity contribution is 9.10. The van der Waals surface area contributed by atoms with Crippen molar-refractivity contribution in [2.24, 2.45) is 14.1 Å². The number of hydrogen-bond acceptors (Lipinski definition) is 4. The molecule has 1 N–H and O–H groups in total. The number of benzene rings is 1. The van der Waals surface area contributed by atoms with Gasteiger partial charge in [-0.2, -0.15) is 0 Å². The van der Waals surface area contributed by atoms with Crippen LogP contribution in [-0.4, -0.2) is 24.6 Å². The predicted molar refractivity (Wildman–Crippen MR) is 98.0 cm³/mol. The van der Waals surface area contributed by atoms with Crippen LogP contribution in [-0.2, 0) is 25.4 Å². The van der Waals surface area contributed by atoms with Crippen molar-refractivity contribution < 1.29 is 9.18 Å². The number of hydrogen-bond donors (Lipinski definition) is 1. The van der Waals surface area contributed by atoms with Gasteiger partial charge in [-0.05, 0) is 34.1 Å². The van der Waals surface area contributed by atoms with Crippen molar-refractivity contribution in [3.05, 3.63) is 54.6 Å². The van der Waals surface area contributed by atoms with Crippen molar-refractivity contribution in [3.63, 3.8) is 0 Å². The normalized spacial score (nSPS) is 11.1. The molecular formula is C15H12BrClFN5O3. The number of halogens is 3. The maximum Gasteiger partial charge on any atom is 0.332 e. The summed E-state index contributed by atoms with van der Waals surface area (Å²) in [5.74, 6) is -1.22. The van der Waals surface area contributed by atoms with E-state index in [0.717, 1.165) is 10.6 Å². The van der Waals surface area contributed by atoms with E-state index in [4.69, 9.17) is 11.6 Å². The second kappa shape index (κ2) is 6.69. The van der Waals surface area contributed by atoms with E-state index >= 15 is 0 Å². The van der Waals surface area contributed by atoms with Gasteiger partial charge >= 0.3 is 5.69 Å². The smallest absolute Gasteiger partial charge is 0.322 e. The van der Waals surface area contributed by atoms with Crippen molar-refractivity contribution >= 4 is 50.3 Å². The van der Waals surface area contributed by atoms with E-state index in [2.05, 4.69) is 26.2 Å². The molecule has 0 bridgehead atoms. The van der Waals surface area contributed by atoms with Gasteiger partial charge in [0.15, 0.2) is 15.9 Å². The first-order chi connectivity index (χ1) is 12.2. The summed E-state index contributed by atoms with van der Waals surface area (Å²) in [6.45, 7) is -0.302. The summed E-state index contributed by atoms with van der Waals surface area (Å²) in [6, 6.07) is 3.77. The lowest BCUT2D eigenvalue weighted by molar-refractivity contribution is -0.116. The van der Waals surface area contributed by atoms with Gasteiger partial charge in [0.25, 0.3) is 5.56 Å². The predicted octanol–water partition coefficient (Wildman–Crippen LogP) is 1.63. The molecule has 1 aromatic carbocycles. The standard InChI is InChI=1S/C15H12BrClFN5O3/c1-21-12-11(13(25)22(2)15(21)26)20-14(16)23(12)6-10(24)19-9-5-7(17)3-4-8(9)18/h3-5H,6H2,1-2H3,(H,19,24). The molecule has 26 heavy (non-hydrogen) atoms. The maximum atomic E-state index is 13.8. The van der Waals surface area contributed by atoms with Crippen LogP contribution in [0.3, 0.4) is 0 Å². The summed E-state index contributed by atoms with van der Waals surface area (Å²) < 4.78 is 17.4. The first kappa shape index (κ1) is 18.3. The molecule has 3 aromatic rings. The fourth-order valence-corrected chi connectivity index (χ4v) is 3.17. The first-order valence-corrected chi connectivity index (χ1v) is 8.44. The minimum atomic E-state index is -0.640. The third-order valence-corrected chi connectivity index (χ3v) is 4.64. The Kier molecular flexibility index (Phi) is 4.72. The average Bonchev–Trinajstić information content (AvgIpc) is 2.91. The van der Waals surface area contributed by atoms with Crippen LogP contribution in [0.5, 0.6) is 0 Å². The monoisotopic (exact) mass is 443 g/mol. The number of rotatable bonds is 3. The number of nitrogens with zero attached hydrogens (tertiary/aromatic N) is 4. The third-order valence-electron chi connectivity index (χ3n) is 3.80. The molecule has 136 valence electrons. The van der Waals surface area contributed by atoms with Crippen LogP contribution in [0.4, 0.5) is 10.1 Å². The van der Waals surface area contributed by atoms with E-state index in [1.165, 1.54) is 35.4 Å². The molecule has 0 fully saturated rings. The second-order valence-corrected chi connectivity index (χ2v) is 6.66. The summed E-state index contributed by atoms with van der Waals surface area (Å²) in [4.78, 5) is 40.7. The van der Waals surface area contributed by atoms with E-state index in [-0.39, 0.29) is 33.2 Å². The molecular weight excluding hydrogens is 433 g/mol. The Bertz CT molecular complexity index is 1170. The van der Waals surface area contributed by atoms with Crippen LogP contribution in [0.2, 0.25) is 5.02 Å². The van der Waals surface area contributed by atoms with Gasteiger partial charge in [-0.25, -0.2) is 14.2 Å². The number of aromatic nitrogens is 4. The largest absolute Gasteiger partial charge is 0.332 e. The molecule has 3 rings (SSSR count). The Morgan fingerprint density at radius 3 is 2.69 bits per heavy atom. The molecule has 8 nitrogen and oxygen atoms in total. The maximum absolute atomic E-state index is 13.8. The number of carbonyl (C=O) groups is 1. The Morgan fingerprint density at radius 2 is 2.00 bits per heavy atom. The molecule has 11 heteroatoms. The molecule has 0 radical (unpaired) electrons. The lowest BCUT2D eigenvalue weighted by atomic mass is 10.3. The Labute approximate surface area is 158 Å². The van der Waals surface area contributed by atoms with Gasteiger partial charge in [0.2, 0.25) is 5.91 Å². The van der Waals surface area contributed by atoms with Gasteiger partial charge < -0.3 is 5.32 Å². The summed E-state index contributed by atoms with van der Waals surface area (Å²) in [5.41, 5.74) is -1.01. The van der Waals surface area contributed by atoms with E-state index < -0.39 is 23.0 Å². The topological polar surface area (TPSA) is 90.9 Å². The summed E-state index contributed by atoms with van der Waals surface area (Å²) in [5, 5.41) is 2.67. The molecule has 0 saturated heterocycles. The van der Waals surface area contributed by atoms with Crippen molar-refractivity contribution in [3.8, 4) is 0 Å². The van der Waals surface area contributed by atoms with Crippen molar-refractivity contribution in [2.45, 2.75) is 6.54 Å². The summed E-state index contributed by atoms with van der Waals surface area (Å²) in [7, 11) is 2.80. The SMILES string of the molecule is Cn1c(=O)c2nc(Br)n(CC(=O)Nc3cc(Cl)ccc3F)c2n(C)c1=O. The van der Waals surface area contributed by atoms with E-state index in [1.807, 2.05) is 0 Å². The lowest BCUT2D eigenvalue weighted by Crippen LogP contribution is -2.37. The Balaban J connectivity index is 2.03. The van der Waals surface area contributed by atoms with Crippen LogP contribution >= 0.6 is 27.5 Å². The minimum Gasteiger partial charge on any atom is -0.322 e. The van der Waals surface area contributed by atoms with Crippen LogP contribution < -0.4 is 16.6 Å². The zero-order chi connectivity index (χ0) is 19.2. The zero-order valence-corrected chi connectivity index (χ0v) is 15.9. The zero-order valence-electron chi connectivity index (χ0n) is 13.6. The second-order valence-electron chi connectivity index (χ2n) is 5.52. The molecule has 1 amide bonds. The number of nitrogens with one attached hydrogen (secondary N) is 1. The fourth-order valence-electron chi connectivity index (χ4n) is 2.53. The number of imidazole rings is 1. The van der Waals surface area contributed by atoms with E-state index in [9.17, 15) is 18.8 Å². The molecule has 0 aliphatic rings. The van der Waals surface area contributed by atoms with Gasteiger partial charge in [-0.3, -0.25) is 23.3 Å². The average molecular weight is 445 g/mol. The van der Waals surface area contributed by atoms with Crippen LogP contribution in [0.25, 0.3) is 11.2 Å². The van der Waals surface area contributed by atoms with Crippen LogP contribution in [0.1, 0.15) is 0 Å². The summed E-state index contributed by atoms with van der Waals surface area (Å²) in [6.07, 6.45) is 0. The van der Waals surface area contributed by atoms with Gasteiger partial charge in [0.1, 0.15) is 12.4 Å². The molecule has 0 aliphatic heterocycles. The Hall–Kier alpha value is -2.46.